The third-order valence-corrected chi connectivity index (χ3v) is 5.79. The predicted octanol–water partition coefficient (Wildman–Crippen LogP) is 4.20. The van der Waals surface area contributed by atoms with Gasteiger partial charge in [-0.2, -0.15) is 5.26 Å². The zero-order valence-corrected chi connectivity index (χ0v) is 18.0. The first kappa shape index (κ1) is 21.8. The topological polar surface area (TPSA) is 69.5 Å². The van der Waals surface area contributed by atoms with Gasteiger partial charge in [-0.05, 0) is 69.5 Å². The SMILES string of the molecule is CCOc1ccc(N(C(=O)c2cnccc2C)C2CCN([C@H](C)CC#N)CC2)cc1. The van der Waals surface area contributed by atoms with Crippen molar-refractivity contribution >= 4 is 11.6 Å². The van der Waals surface area contributed by atoms with Crippen LogP contribution < -0.4 is 9.64 Å². The van der Waals surface area contributed by atoms with Gasteiger partial charge in [-0.1, -0.05) is 0 Å². The van der Waals surface area contributed by atoms with Gasteiger partial charge in [0.05, 0.1) is 24.7 Å². The highest BCUT2D eigenvalue weighted by atomic mass is 16.5. The average molecular weight is 407 g/mol. The van der Waals surface area contributed by atoms with Gasteiger partial charge < -0.3 is 9.64 Å². The van der Waals surface area contributed by atoms with E-state index in [0.29, 0.717) is 18.6 Å². The molecule has 1 aromatic heterocycles. The van der Waals surface area contributed by atoms with Gasteiger partial charge >= 0.3 is 0 Å². The Hall–Kier alpha value is -2.91. The number of piperidine rings is 1. The maximum atomic E-state index is 13.6. The van der Waals surface area contributed by atoms with E-state index >= 15 is 0 Å². The number of hydrogen-bond donors (Lipinski definition) is 0. The van der Waals surface area contributed by atoms with Gasteiger partial charge in [0.2, 0.25) is 0 Å². The number of carbonyl (C=O) groups excluding carboxylic acids is 1. The molecule has 0 spiro atoms. The Bertz CT molecular complexity index is 883. The van der Waals surface area contributed by atoms with Crippen LogP contribution in [0.3, 0.4) is 0 Å². The van der Waals surface area contributed by atoms with Crippen molar-refractivity contribution in [3.63, 3.8) is 0 Å². The van der Waals surface area contributed by atoms with Crippen molar-refractivity contribution in [2.45, 2.75) is 52.1 Å². The maximum Gasteiger partial charge on any atom is 0.260 e. The van der Waals surface area contributed by atoms with Crippen LogP contribution in [0.15, 0.2) is 42.7 Å². The van der Waals surface area contributed by atoms with E-state index in [1.807, 2.05) is 49.1 Å². The Kier molecular flexibility index (Phi) is 7.42. The first-order valence-corrected chi connectivity index (χ1v) is 10.6. The van der Waals surface area contributed by atoms with E-state index in [1.54, 1.807) is 12.4 Å². The van der Waals surface area contributed by atoms with Crippen molar-refractivity contribution in [1.29, 1.82) is 5.26 Å². The zero-order chi connectivity index (χ0) is 21.5. The fraction of sp³-hybridized carbons (Fsp3) is 0.458. The Morgan fingerprint density at radius 3 is 2.60 bits per heavy atom. The number of benzene rings is 1. The summed E-state index contributed by atoms with van der Waals surface area (Å²) < 4.78 is 5.57. The molecule has 6 heteroatoms. The molecule has 1 aliphatic heterocycles. The van der Waals surface area contributed by atoms with E-state index in [1.165, 1.54) is 0 Å². The number of aromatic nitrogens is 1. The Morgan fingerprint density at radius 2 is 2.00 bits per heavy atom. The predicted molar refractivity (Wildman–Crippen MR) is 118 cm³/mol. The highest BCUT2D eigenvalue weighted by Gasteiger charge is 2.31. The lowest BCUT2D eigenvalue weighted by Crippen LogP contribution is -2.49. The van der Waals surface area contributed by atoms with Crippen LogP contribution in [-0.2, 0) is 0 Å². The molecular formula is C24H30N4O2. The summed E-state index contributed by atoms with van der Waals surface area (Å²) in [6.45, 7) is 8.35. The molecule has 1 aliphatic rings. The molecule has 158 valence electrons. The van der Waals surface area contributed by atoms with Crippen molar-refractivity contribution in [3.8, 4) is 11.8 Å². The van der Waals surface area contributed by atoms with Crippen LogP contribution >= 0.6 is 0 Å². The molecule has 2 aromatic rings. The highest BCUT2D eigenvalue weighted by Crippen LogP contribution is 2.29. The molecule has 0 aliphatic carbocycles. The summed E-state index contributed by atoms with van der Waals surface area (Å²) >= 11 is 0. The lowest BCUT2D eigenvalue weighted by atomic mass is 9.98. The second kappa shape index (κ2) is 10.2. The average Bonchev–Trinajstić information content (AvgIpc) is 2.76. The number of rotatable bonds is 7. The molecule has 1 atom stereocenters. The third kappa shape index (κ3) is 4.98. The molecule has 0 saturated carbocycles. The normalized spacial score (nSPS) is 15.9. The molecular weight excluding hydrogens is 376 g/mol. The van der Waals surface area contributed by atoms with Crippen molar-refractivity contribution in [1.82, 2.24) is 9.88 Å². The van der Waals surface area contributed by atoms with Crippen molar-refractivity contribution < 1.29 is 9.53 Å². The monoisotopic (exact) mass is 406 g/mol. The lowest BCUT2D eigenvalue weighted by molar-refractivity contribution is 0.0950. The number of nitriles is 1. The van der Waals surface area contributed by atoms with Crippen LogP contribution in [0.2, 0.25) is 0 Å². The molecule has 1 amide bonds. The van der Waals surface area contributed by atoms with Gasteiger partial charge in [0.1, 0.15) is 5.75 Å². The largest absolute Gasteiger partial charge is 0.494 e. The molecule has 0 unspecified atom stereocenters. The molecule has 1 aromatic carbocycles. The van der Waals surface area contributed by atoms with E-state index in [2.05, 4.69) is 22.9 Å². The van der Waals surface area contributed by atoms with Crippen LogP contribution in [0, 0.1) is 18.3 Å². The molecule has 30 heavy (non-hydrogen) atoms. The van der Waals surface area contributed by atoms with E-state index in [0.717, 1.165) is 42.9 Å². The summed E-state index contributed by atoms with van der Waals surface area (Å²) in [6.07, 6.45) is 5.63. The number of ether oxygens (including phenoxy) is 1. The molecule has 6 nitrogen and oxygen atoms in total. The van der Waals surface area contributed by atoms with Gasteiger partial charge in [0.25, 0.3) is 5.91 Å². The second-order valence-electron chi connectivity index (χ2n) is 7.77. The summed E-state index contributed by atoms with van der Waals surface area (Å²) in [5.74, 6) is 0.777. The van der Waals surface area contributed by atoms with E-state index in [-0.39, 0.29) is 18.0 Å². The van der Waals surface area contributed by atoms with Gasteiger partial charge in [-0.25, -0.2) is 0 Å². The Labute approximate surface area is 179 Å². The zero-order valence-electron chi connectivity index (χ0n) is 18.0. The van der Waals surface area contributed by atoms with Crippen molar-refractivity contribution in [2.24, 2.45) is 0 Å². The van der Waals surface area contributed by atoms with Crippen molar-refractivity contribution in [3.05, 3.63) is 53.9 Å². The number of likely N-dealkylation sites (tertiary alicyclic amines) is 1. The number of pyridine rings is 1. The molecule has 3 rings (SSSR count). The molecule has 0 N–H and O–H groups in total. The fourth-order valence-electron chi connectivity index (χ4n) is 4.03. The van der Waals surface area contributed by atoms with Gasteiger partial charge in [0, 0.05) is 43.3 Å². The first-order chi connectivity index (χ1) is 14.5. The number of aryl methyl sites for hydroxylation is 1. The number of amides is 1. The van der Waals surface area contributed by atoms with Gasteiger partial charge in [0.15, 0.2) is 0 Å². The third-order valence-electron chi connectivity index (χ3n) is 5.79. The summed E-state index contributed by atoms with van der Waals surface area (Å²) in [5.41, 5.74) is 2.42. The maximum absolute atomic E-state index is 13.6. The van der Waals surface area contributed by atoms with E-state index in [4.69, 9.17) is 10.00 Å². The minimum atomic E-state index is -0.0201. The number of hydrogen-bond acceptors (Lipinski definition) is 5. The van der Waals surface area contributed by atoms with E-state index < -0.39 is 0 Å². The molecule has 0 bridgehead atoms. The second-order valence-corrected chi connectivity index (χ2v) is 7.77. The molecule has 1 fully saturated rings. The lowest BCUT2D eigenvalue weighted by Gasteiger charge is -2.40. The summed E-state index contributed by atoms with van der Waals surface area (Å²) in [5, 5.41) is 9.00. The van der Waals surface area contributed by atoms with E-state index in [9.17, 15) is 4.79 Å². The Morgan fingerprint density at radius 1 is 1.30 bits per heavy atom. The van der Waals surface area contributed by atoms with Crippen LogP contribution in [0.25, 0.3) is 0 Å². The minimum absolute atomic E-state index is 0.0201. The number of carbonyl (C=O) groups is 1. The quantitative estimate of drug-likeness (QED) is 0.689. The van der Waals surface area contributed by atoms with Crippen LogP contribution in [0.5, 0.6) is 5.75 Å². The smallest absolute Gasteiger partial charge is 0.260 e. The van der Waals surface area contributed by atoms with Gasteiger partial charge in [-0.15, -0.1) is 0 Å². The summed E-state index contributed by atoms with van der Waals surface area (Å²) in [4.78, 5) is 22.0. The fourth-order valence-corrected chi connectivity index (χ4v) is 4.03. The van der Waals surface area contributed by atoms with Crippen LogP contribution in [0.1, 0.15) is 49.0 Å². The highest BCUT2D eigenvalue weighted by molar-refractivity contribution is 6.07. The Balaban J connectivity index is 1.86. The van der Waals surface area contributed by atoms with Crippen LogP contribution in [0.4, 0.5) is 5.69 Å². The van der Waals surface area contributed by atoms with Crippen LogP contribution in [-0.4, -0.2) is 47.6 Å². The molecule has 1 saturated heterocycles. The minimum Gasteiger partial charge on any atom is -0.494 e. The summed E-state index contributed by atoms with van der Waals surface area (Å²) in [6, 6.07) is 12.2. The first-order valence-electron chi connectivity index (χ1n) is 10.6. The number of anilines is 1. The standard InChI is InChI=1S/C24H30N4O2/c1-4-30-22-7-5-20(6-8-22)28(24(29)23-17-26-14-10-18(23)2)21-11-15-27(16-12-21)19(3)9-13-25/h5-8,10,14,17,19,21H,4,9,11-12,15-16H2,1-3H3/t19-/m1/s1. The van der Waals surface area contributed by atoms with Gasteiger partial charge in [-0.3, -0.25) is 14.7 Å². The summed E-state index contributed by atoms with van der Waals surface area (Å²) in [7, 11) is 0. The molecule has 2 heterocycles. The number of nitrogens with zero attached hydrogens (tertiary/aromatic N) is 4. The molecule has 0 radical (unpaired) electrons. The van der Waals surface area contributed by atoms with Crippen molar-refractivity contribution in [2.75, 3.05) is 24.6 Å².